The van der Waals surface area contributed by atoms with Gasteiger partial charge in [0.2, 0.25) is 0 Å². The number of esters is 2. The molecule has 0 aliphatic carbocycles. The third kappa shape index (κ3) is 4.97. The molecule has 1 aromatic heterocycles. The van der Waals surface area contributed by atoms with Crippen LogP contribution in [0, 0.1) is 3.57 Å². The highest BCUT2D eigenvalue weighted by Gasteiger charge is 2.50. The van der Waals surface area contributed by atoms with Crippen LogP contribution in [0.5, 0.6) is 0 Å². The lowest BCUT2D eigenvalue weighted by Crippen LogP contribution is -2.41. The fraction of sp³-hybridized carbons (Fsp3) is 0.250. The number of hydrogen-bond acceptors (Lipinski definition) is 8. The lowest BCUT2D eigenvalue weighted by molar-refractivity contribution is -0.0526. The standard InChI is InChI=1S/C24H22IN3O6/c1-2-17-18(33-22(29)14-9-5-3-6-10-14)19(34-23(30)15-11-7-4-8-12-15)21(32-17)28-13-16(25)20(26)27-24(28)31/h3-13,17-19,21H,2H2,1H3,(H2,26,27,31)/t17-,18-,19-,21?/m1/s1. The Morgan fingerprint density at radius 1 is 1.00 bits per heavy atom. The first-order valence-electron chi connectivity index (χ1n) is 10.6. The summed E-state index contributed by atoms with van der Waals surface area (Å²) in [5.74, 6) is -1.15. The number of hydrogen-bond donors (Lipinski definition) is 1. The molecular formula is C24H22IN3O6. The molecule has 1 aliphatic heterocycles. The third-order valence-electron chi connectivity index (χ3n) is 5.40. The first-order valence-corrected chi connectivity index (χ1v) is 11.7. The minimum absolute atomic E-state index is 0.0803. The average Bonchev–Trinajstić information content (AvgIpc) is 3.19. The van der Waals surface area contributed by atoms with E-state index in [1.54, 1.807) is 60.7 Å². The smallest absolute Gasteiger partial charge is 0.351 e. The van der Waals surface area contributed by atoms with Crippen LogP contribution < -0.4 is 11.4 Å². The van der Waals surface area contributed by atoms with E-state index in [1.807, 2.05) is 29.5 Å². The molecule has 0 bridgehead atoms. The number of nitrogen functional groups attached to an aromatic ring is 1. The van der Waals surface area contributed by atoms with Gasteiger partial charge in [-0.3, -0.25) is 4.57 Å². The van der Waals surface area contributed by atoms with Crippen molar-refractivity contribution in [2.24, 2.45) is 0 Å². The van der Waals surface area contributed by atoms with E-state index in [-0.39, 0.29) is 5.82 Å². The van der Waals surface area contributed by atoms with E-state index in [0.717, 1.165) is 0 Å². The molecule has 9 nitrogen and oxygen atoms in total. The van der Waals surface area contributed by atoms with Crippen molar-refractivity contribution in [3.05, 3.63) is 92.0 Å². The molecule has 4 atom stereocenters. The van der Waals surface area contributed by atoms with Crippen LogP contribution in [0.1, 0.15) is 40.3 Å². The second-order valence-electron chi connectivity index (χ2n) is 7.61. The molecule has 10 heteroatoms. The average molecular weight is 575 g/mol. The number of anilines is 1. The Balaban J connectivity index is 1.71. The van der Waals surface area contributed by atoms with Gasteiger partial charge < -0.3 is 19.9 Å². The maximum absolute atomic E-state index is 12.9. The monoisotopic (exact) mass is 575 g/mol. The van der Waals surface area contributed by atoms with Gasteiger partial charge in [-0.15, -0.1) is 0 Å². The summed E-state index contributed by atoms with van der Waals surface area (Å²) >= 11 is 1.95. The van der Waals surface area contributed by atoms with E-state index in [4.69, 9.17) is 19.9 Å². The summed E-state index contributed by atoms with van der Waals surface area (Å²) in [6.45, 7) is 1.85. The van der Waals surface area contributed by atoms with Crippen LogP contribution in [0.3, 0.4) is 0 Å². The molecule has 1 aliphatic rings. The van der Waals surface area contributed by atoms with Crippen molar-refractivity contribution >= 4 is 40.3 Å². The zero-order valence-electron chi connectivity index (χ0n) is 18.2. The Bertz CT molecular complexity index is 1230. The number of nitrogens with two attached hydrogens (primary N) is 1. The summed E-state index contributed by atoms with van der Waals surface area (Å²) in [4.78, 5) is 42.3. The number of halogens is 1. The zero-order valence-corrected chi connectivity index (χ0v) is 20.3. The van der Waals surface area contributed by atoms with Crippen LogP contribution in [-0.2, 0) is 14.2 Å². The molecule has 1 fully saturated rings. The predicted octanol–water partition coefficient (Wildman–Crippen LogP) is 3.19. The van der Waals surface area contributed by atoms with Crippen LogP contribution in [-0.4, -0.2) is 39.8 Å². The molecule has 2 aromatic carbocycles. The molecule has 34 heavy (non-hydrogen) atoms. The Hall–Kier alpha value is -3.25. The van der Waals surface area contributed by atoms with Gasteiger partial charge in [-0.1, -0.05) is 43.3 Å². The minimum Gasteiger partial charge on any atom is -0.452 e. The Morgan fingerprint density at radius 2 is 1.53 bits per heavy atom. The van der Waals surface area contributed by atoms with Gasteiger partial charge in [0.25, 0.3) is 0 Å². The molecule has 1 unspecified atom stereocenters. The molecule has 0 spiro atoms. The molecule has 0 saturated carbocycles. The van der Waals surface area contributed by atoms with E-state index >= 15 is 0 Å². The van der Waals surface area contributed by atoms with Crippen molar-refractivity contribution in [2.75, 3.05) is 5.73 Å². The van der Waals surface area contributed by atoms with Crippen LogP contribution in [0.4, 0.5) is 5.82 Å². The summed E-state index contributed by atoms with van der Waals surface area (Å²) in [5.41, 5.74) is 5.74. The van der Waals surface area contributed by atoms with E-state index in [1.165, 1.54) is 10.8 Å². The third-order valence-corrected chi connectivity index (χ3v) is 6.23. The summed E-state index contributed by atoms with van der Waals surface area (Å²) in [5, 5.41) is 0. The molecule has 4 rings (SSSR count). The van der Waals surface area contributed by atoms with E-state index < -0.39 is 42.2 Å². The zero-order chi connectivity index (χ0) is 24.2. The second-order valence-corrected chi connectivity index (χ2v) is 8.77. The first-order chi connectivity index (χ1) is 16.4. The van der Waals surface area contributed by atoms with Crippen molar-refractivity contribution in [1.29, 1.82) is 0 Å². The first kappa shape index (κ1) is 23.9. The lowest BCUT2D eigenvalue weighted by atomic mass is 10.1. The quantitative estimate of drug-likeness (QED) is 0.352. The van der Waals surface area contributed by atoms with Gasteiger partial charge in [-0.25, -0.2) is 14.4 Å². The Morgan fingerprint density at radius 3 is 2.06 bits per heavy atom. The number of carbonyl (C=O) groups excluding carboxylic acids is 2. The molecule has 0 amide bonds. The maximum Gasteiger partial charge on any atom is 0.351 e. The topological polar surface area (TPSA) is 123 Å². The molecule has 1 saturated heterocycles. The molecular weight excluding hydrogens is 553 g/mol. The summed E-state index contributed by atoms with van der Waals surface area (Å²) < 4.78 is 19.4. The van der Waals surface area contributed by atoms with Crippen molar-refractivity contribution in [3.8, 4) is 0 Å². The van der Waals surface area contributed by atoms with E-state index in [9.17, 15) is 14.4 Å². The highest BCUT2D eigenvalue weighted by Crippen LogP contribution is 2.36. The van der Waals surface area contributed by atoms with Gasteiger partial charge in [0, 0.05) is 6.20 Å². The number of nitrogens with zero attached hydrogens (tertiary/aromatic N) is 2. The molecule has 0 radical (unpaired) electrons. The lowest BCUT2D eigenvalue weighted by Gasteiger charge is -2.25. The highest BCUT2D eigenvalue weighted by molar-refractivity contribution is 14.1. The van der Waals surface area contributed by atoms with Crippen LogP contribution in [0.25, 0.3) is 0 Å². The molecule has 176 valence electrons. The van der Waals surface area contributed by atoms with Gasteiger partial charge in [0.1, 0.15) is 11.9 Å². The summed E-state index contributed by atoms with van der Waals surface area (Å²) in [6, 6.07) is 16.9. The largest absolute Gasteiger partial charge is 0.452 e. The van der Waals surface area contributed by atoms with Gasteiger partial charge in [0.05, 0.1) is 14.7 Å². The number of carbonyl (C=O) groups is 2. The van der Waals surface area contributed by atoms with Gasteiger partial charge in [-0.2, -0.15) is 4.98 Å². The van der Waals surface area contributed by atoms with Gasteiger partial charge in [-0.05, 0) is 53.3 Å². The van der Waals surface area contributed by atoms with Crippen molar-refractivity contribution in [3.63, 3.8) is 0 Å². The van der Waals surface area contributed by atoms with Crippen molar-refractivity contribution in [1.82, 2.24) is 9.55 Å². The van der Waals surface area contributed by atoms with Gasteiger partial charge >= 0.3 is 17.6 Å². The SMILES string of the molecule is CC[C@H]1OC(n2cc(I)c(N)nc2=O)[C@H](OC(=O)c2ccccc2)[C@@H]1OC(=O)c1ccccc1. The molecule has 2 N–H and O–H groups in total. The summed E-state index contributed by atoms with van der Waals surface area (Å²) in [6.07, 6.45) is -1.85. The van der Waals surface area contributed by atoms with E-state index in [0.29, 0.717) is 21.1 Å². The van der Waals surface area contributed by atoms with Crippen molar-refractivity contribution in [2.45, 2.75) is 37.9 Å². The maximum atomic E-state index is 12.9. The molecule has 3 aromatic rings. The minimum atomic E-state index is -1.11. The Labute approximate surface area is 209 Å². The normalized spacial score (nSPS) is 21.7. The molecule has 2 heterocycles. The number of aromatic nitrogens is 2. The van der Waals surface area contributed by atoms with E-state index in [2.05, 4.69) is 4.98 Å². The van der Waals surface area contributed by atoms with Crippen LogP contribution in [0.2, 0.25) is 0 Å². The number of ether oxygens (including phenoxy) is 3. The van der Waals surface area contributed by atoms with Crippen molar-refractivity contribution < 1.29 is 23.8 Å². The fourth-order valence-electron chi connectivity index (χ4n) is 3.70. The fourth-order valence-corrected chi connectivity index (χ4v) is 4.12. The number of benzene rings is 2. The predicted molar refractivity (Wildman–Crippen MR) is 131 cm³/mol. The van der Waals surface area contributed by atoms with Crippen LogP contribution in [0.15, 0.2) is 71.7 Å². The van der Waals surface area contributed by atoms with Crippen LogP contribution >= 0.6 is 22.6 Å². The summed E-state index contributed by atoms with van der Waals surface area (Å²) in [7, 11) is 0. The second kappa shape index (κ2) is 10.3. The Kier molecular flexibility index (Phi) is 7.27. The number of rotatable bonds is 6. The highest BCUT2D eigenvalue weighted by atomic mass is 127. The van der Waals surface area contributed by atoms with Gasteiger partial charge in [0.15, 0.2) is 18.4 Å².